The lowest BCUT2D eigenvalue weighted by Gasteiger charge is -1.92. The zero-order valence-corrected chi connectivity index (χ0v) is 6.78. The highest BCUT2D eigenvalue weighted by atomic mass is 35.5. The lowest BCUT2D eigenvalue weighted by Crippen LogP contribution is -1.88. The van der Waals surface area contributed by atoms with Crippen molar-refractivity contribution in [2.45, 2.75) is 0 Å². The molecule has 0 bridgehead atoms. The Morgan fingerprint density at radius 3 is 2.83 bits per heavy atom. The Hall–Kier alpha value is -1.60. The third-order valence-corrected chi connectivity index (χ3v) is 1.43. The molecule has 1 N–H and O–H groups in total. The van der Waals surface area contributed by atoms with Gasteiger partial charge in [-0.05, 0) is 12.1 Å². The van der Waals surface area contributed by atoms with E-state index in [4.69, 9.17) is 16.9 Å². The van der Waals surface area contributed by atoms with Crippen molar-refractivity contribution in [3.63, 3.8) is 0 Å². The molecular weight excluding hydrogens is 176 g/mol. The van der Waals surface area contributed by atoms with Crippen LogP contribution in [0.1, 0.15) is 0 Å². The molecule has 0 fully saturated rings. The standard InChI is InChI=1S/C7H5ClN4/c8-6-3-1-2-4-7(6)11-12-10-5-9/h1-4H,(H,10,11). The molecule has 0 amide bonds. The van der Waals surface area contributed by atoms with Gasteiger partial charge in [0.05, 0.1) is 5.02 Å². The second kappa shape index (κ2) is 4.31. The van der Waals surface area contributed by atoms with Crippen molar-refractivity contribution in [1.82, 2.24) is 5.43 Å². The van der Waals surface area contributed by atoms with Crippen molar-refractivity contribution in [3.05, 3.63) is 29.3 Å². The van der Waals surface area contributed by atoms with Gasteiger partial charge in [-0.25, -0.2) is 0 Å². The molecule has 0 aromatic heterocycles. The summed E-state index contributed by atoms with van der Waals surface area (Å²) < 4.78 is 0. The third kappa shape index (κ3) is 2.22. The van der Waals surface area contributed by atoms with E-state index in [2.05, 4.69) is 10.3 Å². The van der Waals surface area contributed by atoms with Crippen LogP contribution in [0.4, 0.5) is 5.69 Å². The van der Waals surface area contributed by atoms with Crippen LogP contribution in [0.5, 0.6) is 0 Å². The van der Waals surface area contributed by atoms with Gasteiger partial charge >= 0.3 is 0 Å². The van der Waals surface area contributed by atoms with E-state index in [1.165, 1.54) is 0 Å². The van der Waals surface area contributed by atoms with Gasteiger partial charge in [-0.1, -0.05) is 29.0 Å². The van der Waals surface area contributed by atoms with E-state index in [0.717, 1.165) is 0 Å². The first-order valence-corrected chi connectivity index (χ1v) is 3.52. The molecule has 1 rings (SSSR count). The van der Waals surface area contributed by atoms with Gasteiger partial charge in [-0.3, -0.25) is 0 Å². The Morgan fingerprint density at radius 2 is 2.17 bits per heavy atom. The Labute approximate surface area is 74.5 Å². The minimum Gasteiger partial charge on any atom is -0.194 e. The third-order valence-electron chi connectivity index (χ3n) is 1.11. The molecular formula is C7H5ClN4. The average Bonchev–Trinajstić information content (AvgIpc) is 2.09. The van der Waals surface area contributed by atoms with Crippen LogP contribution in [0.25, 0.3) is 0 Å². The van der Waals surface area contributed by atoms with Crippen molar-refractivity contribution < 1.29 is 0 Å². The average molecular weight is 181 g/mol. The van der Waals surface area contributed by atoms with Crippen LogP contribution in [0.2, 0.25) is 5.02 Å². The van der Waals surface area contributed by atoms with Crippen molar-refractivity contribution in [1.29, 1.82) is 5.26 Å². The molecule has 60 valence electrons. The van der Waals surface area contributed by atoms with Gasteiger partial charge in [0.25, 0.3) is 0 Å². The van der Waals surface area contributed by atoms with Gasteiger partial charge < -0.3 is 0 Å². The summed E-state index contributed by atoms with van der Waals surface area (Å²) in [6.07, 6.45) is 1.60. The van der Waals surface area contributed by atoms with E-state index >= 15 is 0 Å². The fourth-order valence-corrected chi connectivity index (χ4v) is 0.808. The van der Waals surface area contributed by atoms with Crippen LogP contribution in [-0.2, 0) is 0 Å². The molecule has 5 heteroatoms. The summed E-state index contributed by atoms with van der Waals surface area (Å²) in [4.78, 5) is 0. The fourth-order valence-electron chi connectivity index (χ4n) is 0.634. The Kier molecular flexibility index (Phi) is 3.05. The highest BCUT2D eigenvalue weighted by molar-refractivity contribution is 6.32. The molecule has 0 atom stereocenters. The largest absolute Gasteiger partial charge is 0.200 e. The van der Waals surface area contributed by atoms with Crippen LogP contribution < -0.4 is 5.43 Å². The Balaban J connectivity index is 2.77. The van der Waals surface area contributed by atoms with Crippen LogP contribution in [-0.4, -0.2) is 0 Å². The molecule has 1 aromatic carbocycles. The van der Waals surface area contributed by atoms with Gasteiger partial charge in [0, 0.05) is 0 Å². The second-order valence-electron chi connectivity index (χ2n) is 1.88. The van der Waals surface area contributed by atoms with Crippen LogP contribution in [0.3, 0.4) is 0 Å². The van der Waals surface area contributed by atoms with Crippen LogP contribution in [0.15, 0.2) is 34.6 Å². The number of hydrogen-bond acceptors (Lipinski definition) is 3. The second-order valence-corrected chi connectivity index (χ2v) is 2.28. The minimum absolute atomic E-state index is 0.501. The topological polar surface area (TPSA) is 60.5 Å². The van der Waals surface area contributed by atoms with E-state index in [9.17, 15) is 0 Å². The summed E-state index contributed by atoms with van der Waals surface area (Å²) >= 11 is 5.74. The normalized spacial score (nSPS) is 9.67. The maximum absolute atomic E-state index is 8.07. The molecule has 0 aliphatic heterocycles. The Morgan fingerprint density at radius 1 is 1.42 bits per heavy atom. The Bertz CT molecular complexity index is 328. The molecule has 0 spiro atoms. The summed E-state index contributed by atoms with van der Waals surface area (Å²) in [6.45, 7) is 0. The molecule has 0 saturated heterocycles. The highest BCUT2D eigenvalue weighted by Crippen LogP contribution is 2.23. The molecule has 0 radical (unpaired) electrons. The summed E-state index contributed by atoms with van der Waals surface area (Å²) in [5.74, 6) is 0. The molecule has 12 heavy (non-hydrogen) atoms. The van der Waals surface area contributed by atoms with Crippen molar-refractivity contribution in [2.24, 2.45) is 10.3 Å². The van der Waals surface area contributed by atoms with Crippen LogP contribution in [0, 0.1) is 11.5 Å². The van der Waals surface area contributed by atoms with Gasteiger partial charge in [0.1, 0.15) is 5.69 Å². The highest BCUT2D eigenvalue weighted by Gasteiger charge is 1.94. The van der Waals surface area contributed by atoms with E-state index in [1.807, 2.05) is 5.43 Å². The summed E-state index contributed by atoms with van der Waals surface area (Å²) in [7, 11) is 0. The number of nitriles is 1. The van der Waals surface area contributed by atoms with E-state index in [1.54, 1.807) is 30.5 Å². The van der Waals surface area contributed by atoms with E-state index < -0.39 is 0 Å². The first kappa shape index (κ1) is 8.50. The first-order chi connectivity index (χ1) is 5.84. The monoisotopic (exact) mass is 180 g/mol. The predicted molar refractivity (Wildman–Crippen MR) is 44.7 cm³/mol. The minimum atomic E-state index is 0.501. The predicted octanol–water partition coefficient (Wildman–Crippen LogP) is 2.41. The number of halogens is 1. The maximum atomic E-state index is 8.07. The SMILES string of the molecule is N#CNN=Nc1ccccc1Cl. The van der Waals surface area contributed by atoms with Gasteiger partial charge in [0.2, 0.25) is 0 Å². The van der Waals surface area contributed by atoms with Gasteiger partial charge in [0.15, 0.2) is 6.19 Å². The summed E-state index contributed by atoms with van der Waals surface area (Å²) in [6, 6.07) is 6.97. The molecule has 4 nitrogen and oxygen atoms in total. The number of rotatable bonds is 2. The van der Waals surface area contributed by atoms with Gasteiger partial charge in [-0.15, -0.1) is 5.11 Å². The number of benzene rings is 1. The molecule has 0 unspecified atom stereocenters. The molecule has 1 aromatic rings. The number of nitrogens with one attached hydrogen (secondary N) is 1. The fraction of sp³-hybridized carbons (Fsp3) is 0. The first-order valence-electron chi connectivity index (χ1n) is 3.14. The lowest BCUT2D eigenvalue weighted by molar-refractivity contribution is 0.887. The van der Waals surface area contributed by atoms with Crippen molar-refractivity contribution >= 4 is 17.3 Å². The molecule has 0 saturated carbocycles. The zero-order valence-electron chi connectivity index (χ0n) is 6.03. The summed E-state index contributed by atoms with van der Waals surface area (Å²) in [5.41, 5.74) is 2.56. The lowest BCUT2D eigenvalue weighted by atomic mass is 10.3. The maximum Gasteiger partial charge on any atom is 0.200 e. The number of nitrogens with zero attached hydrogens (tertiary/aromatic N) is 3. The van der Waals surface area contributed by atoms with Crippen molar-refractivity contribution in [2.75, 3.05) is 0 Å². The molecule has 0 heterocycles. The van der Waals surface area contributed by atoms with E-state index in [0.29, 0.717) is 10.7 Å². The quantitative estimate of drug-likeness (QED) is 0.329. The zero-order chi connectivity index (χ0) is 8.81. The molecule has 0 aliphatic carbocycles. The molecule has 0 aliphatic rings. The van der Waals surface area contributed by atoms with Crippen LogP contribution >= 0.6 is 11.6 Å². The van der Waals surface area contributed by atoms with Gasteiger partial charge in [-0.2, -0.15) is 10.7 Å². The smallest absolute Gasteiger partial charge is 0.194 e. The van der Waals surface area contributed by atoms with Crippen molar-refractivity contribution in [3.8, 4) is 6.19 Å². The van der Waals surface area contributed by atoms with E-state index in [-0.39, 0.29) is 0 Å². The summed E-state index contributed by atoms with van der Waals surface area (Å²) in [5, 5.41) is 15.6. The number of hydrogen-bond donors (Lipinski definition) is 1.